The summed E-state index contributed by atoms with van der Waals surface area (Å²) in [5.41, 5.74) is 1.55. The molecule has 136 valence electrons. The molecule has 0 N–H and O–H groups in total. The van der Waals surface area contributed by atoms with Crippen molar-refractivity contribution >= 4 is 21.9 Å². The second-order valence-corrected chi connectivity index (χ2v) is 6.40. The SMILES string of the molecule is CCN(CC)CCn1c2cc3c(cc2c(=O)c2cccnc21)OCCO3. The standard InChI is InChI=1S/C20H23N3O3/c1-3-22(4-2)8-9-23-16-13-18-17(25-10-11-26-18)12-15(16)19(24)14-6-5-7-21-20(14)23/h5-7,12-13H,3-4,8-11H2,1-2H3. The lowest BCUT2D eigenvalue weighted by atomic mass is 10.1. The monoisotopic (exact) mass is 353 g/mol. The molecule has 1 aromatic carbocycles. The van der Waals surface area contributed by atoms with Gasteiger partial charge in [0.25, 0.3) is 0 Å². The van der Waals surface area contributed by atoms with Crippen LogP contribution in [0.25, 0.3) is 21.9 Å². The first-order chi connectivity index (χ1) is 12.7. The molecular formula is C20H23N3O3. The highest BCUT2D eigenvalue weighted by molar-refractivity contribution is 5.93. The summed E-state index contributed by atoms with van der Waals surface area (Å²) in [5.74, 6) is 1.33. The van der Waals surface area contributed by atoms with Gasteiger partial charge in [-0.15, -0.1) is 0 Å². The Morgan fingerprint density at radius 2 is 1.85 bits per heavy atom. The molecule has 0 radical (unpaired) electrons. The number of pyridine rings is 2. The van der Waals surface area contributed by atoms with Crippen molar-refractivity contribution in [3.63, 3.8) is 0 Å². The van der Waals surface area contributed by atoms with E-state index in [1.54, 1.807) is 6.20 Å². The minimum absolute atomic E-state index is 0.0147. The molecule has 1 aliphatic rings. The zero-order valence-electron chi connectivity index (χ0n) is 15.2. The first-order valence-electron chi connectivity index (χ1n) is 9.16. The highest BCUT2D eigenvalue weighted by Crippen LogP contribution is 2.34. The predicted molar refractivity (Wildman–Crippen MR) is 102 cm³/mol. The number of aromatic nitrogens is 2. The van der Waals surface area contributed by atoms with Gasteiger partial charge in [-0.3, -0.25) is 4.79 Å². The van der Waals surface area contributed by atoms with Gasteiger partial charge in [-0.2, -0.15) is 0 Å². The van der Waals surface area contributed by atoms with Crippen LogP contribution in [-0.2, 0) is 6.54 Å². The topological polar surface area (TPSA) is 56.6 Å². The van der Waals surface area contributed by atoms with E-state index >= 15 is 0 Å². The van der Waals surface area contributed by atoms with Crippen LogP contribution in [0.4, 0.5) is 0 Å². The van der Waals surface area contributed by atoms with Gasteiger partial charge in [0.1, 0.15) is 18.9 Å². The van der Waals surface area contributed by atoms with Gasteiger partial charge in [0.2, 0.25) is 0 Å². The van der Waals surface area contributed by atoms with Crippen molar-refractivity contribution in [2.75, 3.05) is 32.8 Å². The van der Waals surface area contributed by atoms with Gasteiger partial charge >= 0.3 is 0 Å². The first kappa shape index (κ1) is 16.8. The summed E-state index contributed by atoms with van der Waals surface area (Å²) in [7, 11) is 0. The number of benzene rings is 1. The summed E-state index contributed by atoms with van der Waals surface area (Å²) in [4.78, 5) is 19.9. The molecule has 0 amide bonds. The molecule has 0 aliphatic carbocycles. The normalized spacial score (nSPS) is 13.7. The molecule has 0 saturated heterocycles. The summed E-state index contributed by atoms with van der Waals surface area (Å²) in [6.45, 7) is 8.98. The average Bonchev–Trinajstić information content (AvgIpc) is 2.69. The second-order valence-electron chi connectivity index (χ2n) is 6.40. The fraction of sp³-hybridized carbons (Fsp3) is 0.400. The maximum atomic E-state index is 13.0. The van der Waals surface area contributed by atoms with Crippen LogP contribution in [0.3, 0.4) is 0 Å². The Morgan fingerprint density at radius 3 is 2.58 bits per heavy atom. The number of ether oxygens (including phenoxy) is 2. The van der Waals surface area contributed by atoms with Crippen molar-refractivity contribution < 1.29 is 9.47 Å². The minimum Gasteiger partial charge on any atom is -0.486 e. The minimum atomic E-state index is -0.0147. The van der Waals surface area contributed by atoms with E-state index in [0.29, 0.717) is 41.1 Å². The van der Waals surface area contributed by atoms with Gasteiger partial charge in [0, 0.05) is 25.4 Å². The molecule has 0 spiro atoms. The Hall–Kier alpha value is -2.60. The zero-order chi connectivity index (χ0) is 18.1. The molecule has 4 rings (SSSR count). The van der Waals surface area contributed by atoms with Gasteiger partial charge in [0.15, 0.2) is 16.9 Å². The number of fused-ring (bicyclic) bond motifs is 3. The third-order valence-electron chi connectivity index (χ3n) is 5.02. The second kappa shape index (κ2) is 6.96. The lowest BCUT2D eigenvalue weighted by molar-refractivity contribution is 0.172. The van der Waals surface area contributed by atoms with E-state index in [1.807, 2.05) is 24.3 Å². The Morgan fingerprint density at radius 1 is 1.12 bits per heavy atom. The number of rotatable bonds is 5. The van der Waals surface area contributed by atoms with Gasteiger partial charge in [-0.25, -0.2) is 4.98 Å². The highest BCUT2D eigenvalue weighted by atomic mass is 16.6. The molecule has 0 fully saturated rings. The maximum absolute atomic E-state index is 13.0. The summed E-state index contributed by atoms with van der Waals surface area (Å²) in [6.07, 6.45) is 1.74. The van der Waals surface area contributed by atoms with Crippen LogP contribution in [0.2, 0.25) is 0 Å². The van der Waals surface area contributed by atoms with Crippen molar-refractivity contribution in [2.24, 2.45) is 0 Å². The van der Waals surface area contributed by atoms with Gasteiger partial charge in [-0.05, 0) is 31.3 Å². The molecule has 26 heavy (non-hydrogen) atoms. The quantitative estimate of drug-likeness (QED) is 0.660. The summed E-state index contributed by atoms with van der Waals surface area (Å²) >= 11 is 0. The Bertz CT molecular complexity index is 1010. The van der Waals surface area contributed by atoms with E-state index < -0.39 is 0 Å². The van der Waals surface area contributed by atoms with Crippen LogP contribution >= 0.6 is 0 Å². The van der Waals surface area contributed by atoms with Crippen LogP contribution in [0.1, 0.15) is 13.8 Å². The Kier molecular flexibility index (Phi) is 4.51. The van der Waals surface area contributed by atoms with Crippen molar-refractivity contribution in [3.05, 3.63) is 40.7 Å². The molecule has 0 atom stereocenters. The van der Waals surface area contributed by atoms with Gasteiger partial charge < -0.3 is 18.9 Å². The van der Waals surface area contributed by atoms with Crippen molar-refractivity contribution in [2.45, 2.75) is 20.4 Å². The van der Waals surface area contributed by atoms with Crippen molar-refractivity contribution in [3.8, 4) is 11.5 Å². The van der Waals surface area contributed by atoms with E-state index in [-0.39, 0.29) is 5.43 Å². The van der Waals surface area contributed by atoms with E-state index in [9.17, 15) is 4.79 Å². The molecule has 3 heterocycles. The largest absolute Gasteiger partial charge is 0.486 e. The van der Waals surface area contributed by atoms with Crippen LogP contribution in [-0.4, -0.2) is 47.3 Å². The van der Waals surface area contributed by atoms with Gasteiger partial charge in [-0.1, -0.05) is 13.8 Å². The van der Waals surface area contributed by atoms with Crippen molar-refractivity contribution in [1.29, 1.82) is 0 Å². The summed E-state index contributed by atoms with van der Waals surface area (Å²) in [6, 6.07) is 7.38. The fourth-order valence-corrected chi connectivity index (χ4v) is 3.54. The molecule has 3 aromatic rings. The first-order valence-corrected chi connectivity index (χ1v) is 9.16. The van der Waals surface area contributed by atoms with E-state index in [2.05, 4.69) is 28.3 Å². The molecular weight excluding hydrogens is 330 g/mol. The number of hydrogen-bond acceptors (Lipinski definition) is 5. The molecule has 2 aromatic heterocycles. The predicted octanol–water partition coefficient (Wildman–Crippen LogP) is 2.66. The van der Waals surface area contributed by atoms with E-state index in [0.717, 1.165) is 31.7 Å². The lowest BCUT2D eigenvalue weighted by Crippen LogP contribution is -2.28. The summed E-state index contributed by atoms with van der Waals surface area (Å²) < 4.78 is 13.5. The third-order valence-corrected chi connectivity index (χ3v) is 5.02. The van der Waals surface area contributed by atoms with E-state index in [1.165, 1.54) is 0 Å². The molecule has 0 saturated carbocycles. The fourth-order valence-electron chi connectivity index (χ4n) is 3.54. The third kappa shape index (κ3) is 2.80. The summed E-state index contributed by atoms with van der Waals surface area (Å²) in [5, 5.41) is 1.28. The highest BCUT2D eigenvalue weighted by Gasteiger charge is 2.18. The van der Waals surface area contributed by atoms with Crippen LogP contribution in [0.15, 0.2) is 35.3 Å². The Balaban J connectivity index is 1.95. The molecule has 1 aliphatic heterocycles. The number of likely N-dealkylation sites (N-methyl/N-ethyl adjacent to an activating group) is 1. The molecule has 0 bridgehead atoms. The molecule has 6 nitrogen and oxygen atoms in total. The Labute approximate surface area is 152 Å². The van der Waals surface area contributed by atoms with Crippen LogP contribution < -0.4 is 14.9 Å². The zero-order valence-corrected chi connectivity index (χ0v) is 15.2. The number of hydrogen-bond donors (Lipinski definition) is 0. The van der Waals surface area contributed by atoms with E-state index in [4.69, 9.17) is 9.47 Å². The van der Waals surface area contributed by atoms with Crippen molar-refractivity contribution in [1.82, 2.24) is 14.5 Å². The number of nitrogens with zero attached hydrogens (tertiary/aromatic N) is 3. The molecule has 6 heteroatoms. The smallest absolute Gasteiger partial charge is 0.198 e. The lowest BCUT2D eigenvalue weighted by Gasteiger charge is -2.23. The molecule has 0 unspecified atom stereocenters. The maximum Gasteiger partial charge on any atom is 0.198 e. The van der Waals surface area contributed by atoms with Crippen LogP contribution in [0.5, 0.6) is 11.5 Å². The van der Waals surface area contributed by atoms with Crippen LogP contribution in [0, 0.1) is 0 Å². The van der Waals surface area contributed by atoms with Gasteiger partial charge in [0.05, 0.1) is 16.3 Å². The average molecular weight is 353 g/mol.